The van der Waals surface area contributed by atoms with Gasteiger partial charge in [0.05, 0.1) is 13.2 Å². The van der Waals surface area contributed by atoms with Crippen molar-refractivity contribution in [3.05, 3.63) is 29.6 Å². The van der Waals surface area contributed by atoms with Crippen LogP contribution in [0.5, 0.6) is 0 Å². The molecule has 7 heteroatoms. The number of aliphatic hydroxyl groups is 1. The van der Waals surface area contributed by atoms with Gasteiger partial charge in [0.25, 0.3) is 0 Å². The van der Waals surface area contributed by atoms with Gasteiger partial charge in [0.2, 0.25) is 10.0 Å². The third kappa shape index (κ3) is 2.95. The van der Waals surface area contributed by atoms with Crippen molar-refractivity contribution in [1.29, 1.82) is 0 Å². The van der Waals surface area contributed by atoms with Crippen molar-refractivity contribution in [2.45, 2.75) is 17.9 Å². The van der Waals surface area contributed by atoms with Crippen LogP contribution in [-0.2, 0) is 28.4 Å². The van der Waals surface area contributed by atoms with Crippen LogP contribution in [0.3, 0.4) is 0 Å². The first-order valence-corrected chi connectivity index (χ1v) is 7.86. The smallest absolute Gasteiger partial charge is 0.244 e. The van der Waals surface area contributed by atoms with Gasteiger partial charge in [-0.05, 0) is 18.1 Å². The fraction of sp³-hybridized carbons (Fsp3) is 0.538. The monoisotopic (exact) mass is 300 g/mol. The van der Waals surface area contributed by atoms with Gasteiger partial charge in [-0.1, -0.05) is 6.08 Å². The number of hydrogen-bond donors (Lipinski definition) is 1. The Bertz CT molecular complexity index is 604. The molecule has 1 N–H and O–H groups in total. The Morgan fingerprint density at radius 2 is 2.20 bits per heavy atom. The highest BCUT2D eigenvalue weighted by Crippen LogP contribution is 2.22. The van der Waals surface area contributed by atoms with Gasteiger partial charge < -0.3 is 14.4 Å². The van der Waals surface area contributed by atoms with E-state index < -0.39 is 10.0 Å². The molecule has 1 aromatic heterocycles. The molecule has 0 saturated carbocycles. The van der Waals surface area contributed by atoms with Crippen molar-refractivity contribution in [1.82, 2.24) is 8.87 Å². The van der Waals surface area contributed by atoms with Crippen molar-refractivity contribution >= 4 is 10.0 Å². The topological polar surface area (TPSA) is 71.8 Å². The Labute approximate surface area is 119 Å². The summed E-state index contributed by atoms with van der Waals surface area (Å²) in [7, 11) is -0.147. The summed E-state index contributed by atoms with van der Waals surface area (Å²) >= 11 is 0. The van der Waals surface area contributed by atoms with Crippen molar-refractivity contribution in [3.8, 4) is 0 Å². The fourth-order valence-electron chi connectivity index (χ4n) is 2.25. The number of methoxy groups -OCH3 is 1. The number of aryl methyl sites for hydroxylation is 1. The van der Waals surface area contributed by atoms with Crippen LogP contribution in [0.2, 0.25) is 0 Å². The van der Waals surface area contributed by atoms with Gasteiger partial charge in [-0.25, -0.2) is 8.42 Å². The van der Waals surface area contributed by atoms with Gasteiger partial charge in [-0.2, -0.15) is 4.31 Å². The minimum atomic E-state index is -3.50. The lowest BCUT2D eigenvalue weighted by atomic mass is 10.1. The molecule has 0 radical (unpaired) electrons. The quantitative estimate of drug-likeness (QED) is 0.803. The lowest BCUT2D eigenvalue weighted by Crippen LogP contribution is -2.35. The van der Waals surface area contributed by atoms with Crippen LogP contribution in [-0.4, -0.2) is 49.2 Å². The predicted octanol–water partition coefficient (Wildman–Crippen LogP) is 0.485. The van der Waals surface area contributed by atoms with Crippen LogP contribution in [0.25, 0.3) is 0 Å². The van der Waals surface area contributed by atoms with Gasteiger partial charge in [0.1, 0.15) is 4.90 Å². The SMILES string of the molecule is COCC1=CCN(S(=O)(=O)c2cc(CO)n(C)c2)CC1. The molecule has 2 heterocycles. The van der Waals surface area contributed by atoms with E-state index >= 15 is 0 Å². The second-order valence-corrected chi connectivity index (χ2v) is 6.78. The number of aromatic nitrogens is 1. The summed E-state index contributed by atoms with van der Waals surface area (Å²) in [5.74, 6) is 0. The molecule has 6 nitrogen and oxygen atoms in total. The molecule has 0 aromatic carbocycles. The lowest BCUT2D eigenvalue weighted by Gasteiger charge is -2.25. The molecule has 0 unspecified atom stereocenters. The zero-order valence-corrected chi connectivity index (χ0v) is 12.6. The summed E-state index contributed by atoms with van der Waals surface area (Å²) < 4.78 is 33.1. The molecule has 1 aliphatic heterocycles. The highest BCUT2D eigenvalue weighted by atomic mass is 32.2. The molecule has 0 bridgehead atoms. The Morgan fingerprint density at radius 3 is 2.70 bits per heavy atom. The minimum Gasteiger partial charge on any atom is -0.390 e. The Hall–Kier alpha value is -1.15. The second-order valence-electron chi connectivity index (χ2n) is 4.84. The van der Waals surface area contributed by atoms with Crippen molar-refractivity contribution in [2.75, 3.05) is 26.8 Å². The average molecular weight is 300 g/mol. The van der Waals surface area contributed by atoms with Gasteiger partial charge in [-0.3, -0.25) is 0 Å². The number of aliphatic hydroxyl groups excluding tert-OH is 1. The number of rotatable bonds is 5. The summed E-state index contributed by atoms with van der Waals surface area (Å²) in [6, 6.07) is 1.52. The maximum atomic E-state index is 12.5. The highest BCUT2D eigenvalue weighted by Gasteiger charge is 2.27. The standard InChI is InChI=1S/C13H20N2O4S/c1-14-8-13(7-12(14)9-16)20(17,18)15-5-3-11(4-6-15)10-19-2/h3,7-8,16H,4-6,9-10H2,1-2H3. The Morgan fingerprint density at radius 1 is 1.45 bits per heavy atom. The van der Waals surface area contributed by atoms with Gasteiger partial charge >= 0.3 is 0 Å². The fourth-order valence-corrected chi connectivity index (χ4v) is 3.73. The van der Waals surface area contributed by atoms with E-state index in [0.29, 0.717) is 31.8 Å². The number of sulfonamides is 1. The molecule has 0 aliphatic carbocycles. The van der Waals surface area contributed by atoms with E-state index in [1.165, 1.54) is 16.6 Å². The summed E-state index contributed by atoms with van der Waals surface area (Å²) in [6.07, 6.45) is 4.13. The molecular formula is C13H20N2O4S. The molecule has 0 amide bonds. The molecule has 1 aliphatic rings. The zero-order valence-electron chi connectivity index (χ0n) is 11.7. The third-order valence-electron chi connectivity index (χ3n) is 3.48. The van der Waals surface area contributed by atoms with E-state index in [9.17, 15) is 8.42 Å². The molecule has 0 atom stereocenters. The molecule has 20 heavy (non-hydrogen) atoms. The summed E-state index contributed by atoms with van der Waals surface area (Å²) in [5.41, 5.74) is 1.71. The highest BCUT2D eigenvalue weighted by molar-refractivity contribution is 7.89. The van der Waals surface area contributed by atoms with Gasteiger partial charge in [-0.15, -0.1) is 0 Å². The second kappa shape index (κ2) is 6.09. The largest absolute Gasteiger partial charge is 0.390 e. The van der Waals surface area contributed by atoms with Crippen LogP contribution in [0.1, 0.15) is 12.1 Å². The first-order valence-electron chi connectivity index (χ1n) is 6.42. The van der Waals surface area contributed by atoms with E-state index in [-0.39, 0.29) is 11.5 Å². The lowest BCUT2D eigenvalue weighted by molar-refractivity contribution is 0.219. The number of hydrogen-bond acceptors (Lipinski definition) is 4. The van der Waals surface area contributed by atoms with Crippen LogP contribution in [0.4, 0.5) is 0 Å². The van der Waals surface area contributed by atoms with E-state index in [1.807, 2.05) is 6.08 Å². The molecule has 0 fully saturated rings. The molecule has 0 saturated heterocycles. The summed E-state index contributed by atoms with van der Waals surface area (Å²) in [4.78, 5) is 0.229. The van der Waals surface area contributed by atoms with E-state index in [1.54, 1.807) is 18.7 Å². The molecule has 2 rings (SSSR count). The molecule has 1 aromatic rings. The van der Waals surface area contributed by atoms with E-state index in [2.05, 4.69) is 0 Å². The first-order chi connectivity index (χ1) is 9.48. The van der Waals surface area contributed by atoms with Crippen molar-refractivity contribution in [2.24, 2.45) is 7.05 Å². The summed E-state index contributed by atoms with van der Waals surface area (Å²) in [6.45, 7) is 1.20. The number of ether oxygens (including phenoxy) is 1. The van der Waals surface area contributed by atoms with E-state index in [4.69, 9.17) is 9.84 Å². The summed E-state index contributed by atoms with van der Waals surface area (Å²) in [5, 5.41) is 9.15. The number of nitrogens with zero attached hydrogens (tertiary/aromatic N) is 2. The van der Waals surface area contributed by atoms with Crippen LogP contribution in [0, 0.1) is 0 Å². The Balaban J connectivity index is 2.19. The molecule has 112 valence electrons. The van der Waals surface area contributed by atoms with Crippen LogP contribution >= 0.6 is 0 Å². The average Bonchev–Trinajstić information content (AvgIpc) is 2.82. The zero-order chi connectivity index (χ0) is 14.8. The maximum absolute atomic E-state index is 12.5. The van der Waals surface area contributed by atoms with E-state index in [0.717, 1.165) is 5.57 Å². The normalized spacial score (nSPS) is 17.2. The molecule has 0 spiro atoms. The van der Waals surface area contributed by atoms with Gasteiger partial charge in [0.15, 0.2) is 0 Å². The van der Waals surface area contributed by atoms with Crippen molar-refractivity contribution in [3.63, 3.8) is 0 Å². The Kier molecular flexibility index (Phi) is 4.64. The maximum Gasteiger partial charge on any atom is 0.244 e. The predicted molar refractivity (Wildman–Crippen MR) is 74.7 cm³/mol. The third-order valence-corrected chi connectivity index (χ3v) is 5.31. The molecular weight excluding hydrogens is 280 g/mol. The van der Waals surface area contributed by atoms with Crippen LogP contribution < -0.4 is 0 Å². The van der Waals surface area contributed by atoms with Crippen LogP contribution in [0.15, 0.2) is 28.8 Å². The van der Waals surface area contributed by atoms with Gasteiger partial charge in [0, 0.05) is 39.1 Å². The first kappa shape index (κ1) is 15.2. The minimum absolute atomic E-state index is 0.177. The van der Waals surface area contributed by atoms with Crippen molar-refractivity contribution < 1.29 is 18.3 Å².